The Labute approximate surface area is 125 Å². The molecule has 0 spiro atoms. The maximum atomic E-state index is 12.3. The Morgan fingerprint density at radius 1 is 1.38 bits per heavy atom. The molecule has 0 bridgehead atoms. The van der Waals surface area contributed by atoms with Gasteiger partial charge in [-0.05, 0) is 30.7 Å². The zero-order chi connectivity index (χ0) is 15.4. The van der Waals surface area contributed by atoms with Crippen LogP contribution >= 0.6 is 0 Å². The summed E-state index contributed by atoms with van der Waals surface area (Å²) in [5.41, 5.74) is 0.166. The van der Waals surface area contributed by atoms with Gasteiger partial charge in [0.05, 0.1) is 0 Å². The summed E-state index contributed by atoms with van der Waals surface area (Å²) < 4.78 is 1.38. The van der Waals surface area contributed by atoms with Crippen LogP contribution in [0.1, 0.15) is 56.9 Å². The Morgan fingerprint density at radius 2 is 2.10 bits per heavy atom. The highest BCUT2D eigenvalue weighted by atomic mass is 16.2. The molecule has 2 unspecified atom stereocenters. The molecule has 0 radical (unpaired) electrons. The topological polar surface area (TPSA) is 64.0 Å². The minimum atomic E-state index is -0.175. The van der Waals surface area contributed by atoms with Crippen LogP contribution in [-0.2, 0) is 6.54 Å². The van der Waals surface area contributed by atoms with Crippen LogP contribution in [0.5, 0.6) is 0 Å². The Morgan fingerprint density at radius 3 is 2.76 bits per heavy atom. The SMILES string of the molecule is CC(C)Cn1nc(C(=O)NC2CCCCC2C)ccc1=O. The second-order valence-electron chi connectivity index (χ2n) is 6.47. The molecule has 1 heterocycles. The third-order valence-electron chi connectivity index (χ3n) is 4.07. The van der Waals surface area contributed by atoms with E-state index >= 15 is 0 Å². The van der Waals surface area contributed by atoms with Gasteiger partial charge in [-0.25, -0.2) is 4.68 Å². The average molecular weight is 291 g/mol. The highest BCUT2D eigenvalue weighted by molar-refractivity contribution is 5.92. The number of hydrogen-bond donors (Lipinski definition) is 1. The molecule has 21 heavy (non-hydrogen) atoms. The summed E-state index contributed by atoms with van der Waals surface area (Å²) in [5.74, 6) is 0.641. The number of amides is 1. The van der Waals surface area contributed by atoms with Crippen molar-refractivity contribution in [3.63, 3.8) is 0 Å². The fourth-order valence-electron chi connectivity index (χ4n) is 2.82. The lowest BCUT2D eigenvalue weighted by molar-refractivity contribution is 0.0902. The molecule has 5 nitrogen and oxygen atoms in total. The predicted molar refractivity (Wildman–Crippen MR) is 82.2 cm³/mol. The van der Waals surface area contributed by atoms with Crippen LogP contribution < -0.4 is 10.9 Å². The number of rotatable bonds is 4. The highest BCUT2D eigenvalue weighted by Gasteiger charge is 2.23. The molecule has 5 heteroatoms. The number of nitrogens with one attached hydrogen (secondary N) is 1. The predicted octanol–water partition coefficient (Wildman–Crippen LogP) is 2.21. The van der Waals surface area contributed by atoms with Crippen LogP contribution in [0.15, 0.2) is 16.9 Å². The summed E-state index contributed by atoms with van der Waals surface area (Å²) in [7, 11) is 0. The van der Waals surface area contributed by atoms with Crippen molar-refractivity contribution in [2.45, 2.75) is 59.0 Å². The zero-order valence-corrected chi connectivity index (χ0v) is 13.1. The van der Waals surface area contributed by atoms with Gasteiger partial charge in [0.25, 0.3) is 11.5 Å². The summed E-state index contributed by atoms with van der Waals surface area (Å²) in [5, 5.41) is 7.26. The van der Waals surface area contributed by atoms with E-state index < -0.39 is 0 Å². The first kappa shape index (κ1) is 15.7. The highest BCUT2D eigenvalue weighted by Crippen LogP contribution is 2.23. The van der Waals surface area contributed by atoms with Crippen molar-refractivity contribution in [2.75, 3.05) is 0 Å². The molecular formula is C16H25N3O2. The molecule has 1 aliphatic carbocycles. The lowest BCUT2D eigenvalue weighted by atomic mass is 9.86. The second kappa shape index (κ2) is 6.87. The molecule has 1 aromatic heterocycles. The molecule has 1 fully saturated rings. The first-order valence-corrected chi connectivity index (χ1v) is 7.86. The summed E-state index contributed by atoms with van der Waals surface area (Å²) in [6.07, 6.45) is 4.59. The first-order chi connectivity index (χ1) is 9.97. The minimum Gasteiger partial charge on any atom is -0.348 e. The van der Waals surface area contributed by atoms with Gasteiger partial charge in [0, 0.05) is 18.7 Å². The van der Waals surface area contributed by atoms with Gasteiger partial charge in [-0.1, -0.05) is 33.6 Å². The van der Waals surface area contributed by atoms with E-state index in [0.29, 0.717) is 24.1 Å². The van der Waals surface area contributed by atoms with Crippen LogP contribution in [-0.4, -0.2) is 21.7 Å². The molecule has 0 saturated heterocycles. The fourth-order valence-corrected chi connectivity index (χ4v) is 2.82. The number of aromatic nitrogens is 2. The van der Waals surface area contributed by atoms with Gasteiger partial charge in [-0.2, -0.15) is 5.10 Å². The molecule has 1 aliphatic rings. The van der Waals surface area contributed by atoms with E-state index in [1.807, 2.05) is 13.8 Å². The van der Waals surface area contributed by atoms with Gasteiger partial charge in [-0.15, -0.1) is 0 Å². The van der Waals surface area contributed by atoms with E-state index in [1.165, 1.54) is 23.2 Å². The maximum Gasteiger partial charge on any atom is 0.271 e. The lowest BCUT2D eigenvalue weighted by Gasteiger charge is -2.29. The quantitative estimate of drug-likeness (QED) is 0.925. The third kappa shape index (κ3) is 4.16. The van der Waals surface area contributed by atoms with Gasteiger partial charge in [0.1, 0.15) is 5.69 Å². The van der Waals surface area contributed by atoms with Crippen molar-refractivity contribution in [3.05, 3.63) is 28.2 Å². The van der Waals surface area contributed by atoms with Gasteiger partial charge in [0.2, 0.25) is 0 Å². The van der Waals surface area contributed by atoms with Gasteiger partial charge < -0.3 is 5.32 Å². The van der Waals surface area contributed by atoms with Gasteiger partial charge in [0.15, 0.2) is 0 Å². The molecule has 0 aromatic carbocycles. The van der Waals surface area contributed by atoms with Crippen molar-refractivity contribution >= 4 is 5.91 Å². The zero-order valence-electron chi connectivity index (χ0n) is 13.1. The van der Waals surface area contributed by atoms with E-state index in [1.54, 1.807) is 0 Å². The summed E-state index contributed by atoms with van der Waals surface area (Å²) >= 11 is 0. The Kier molecular flexibility index (Phi) is 5.15. The summed E-state index contributed by atoms with van der Waals surface area (Å²) in [6, 6.07) is 3.16. The van der Waals surface area contributed by atoms with E-state index in [0.717, 1.165) is 19.3 Å². The smallest absolute Gasteiger partial charge is 0.271 e. The molecule has 1 aromatic rings. The summed E-state index contributed by atoms with van der Waals surface area (Å²) in [6.45, 7) is 6.74. The molecule has 116 valence electrons. The van der Waals surface area contributed by atoms with Gasteiger partial charge in [-0.3, -0.25) is 9.59 Å². The Hall–Kier alpha value is -1.65. The summed E-state index contributed by atoms with van der Waals surface area (Å²) in [4.78, 5) is 24.1. The maximum absolute atomic E-state index is 12.3. The molecule has 0 aliphatic heterocycles. The normalized spacial score (nSPS) is 22.3. The first-order valence-electron chi connectivity index (χ1n) is 7.86. The van der Waals surface area contributed by atoms with Crippen LogP contribution in [0.4, 0.5) is 0 Å². The van der Waals surface area contributed by atoms with Crippen LogP contribution in [0.25, 0.3) is 0 Å². The van der Waals surface area contributed by atoms with E-state index in [-0.39, 0.29) is 17.5 Å². The molecule has 2 rings (SSSR count). The van der Waals surface area contributed by atoms with Crippen molar-refractivity contribution in [1.29, 1.82) is 0 Å². The van der Waals surface area contributed by atoms with E-state index in [4.69, 9.17) is 0 Å². The third-order valence-corrected chi connectivity index (χ3v) is 4.07. The average Bonchev–Trinajstić information content (AvgIpc) is 2.43. The van der Waals surface area contributed by atoms with Crippen molar-refractivity contribution in [1.82, 2.24) is 15.1 Å². The number of carbonyl (C=O) groups is 1. The van der Waals surface area contributed by atoms with Crippen molar-refractivity contribution < 1.29 is 4.79 Å². The largest absolute Gasteiger partial charge is 0.348 e. The molecular weight excluding hydrogens is 266 g/mol. The van der Waals surface area contributed by atoms with Crippen LogP contribution in [0, 0.1) is 11.8 Å². The van der Waals surface area contributed by atoms with E-state index in [9.17, 15) is 9.59 Å². The fraction of sp³-hybridized carbons (Fsp3) is 0.688. The Balaban J connectivity index is 2.10. The monoisotopic (exact) mass is 291 g/mol. The number of carbonyl (C=O) groups excluding carboxylic acids is 1. The van der Waals surface area contributed by atoms with E-state index in [2.05, 4.69) is 17.3 Å². The molecule has 1 amide bonds. The number of nitrogens with zero attached hydrogens (tertiary/aromatic N) is 2. The molecule has 1 N–H and O–H groups in total. The van der Waals surface area contributed by atoms with Crippen LogP contribution in [0.2, 0.25) is 0 Å². The van der Waals surface area contributed by atoms with Crippen molar-refractivity contribution in [2.24, 2.45) is 11.8 Å². The lowest BCUT2D eigenvalue weighted by Crippen LogP contribution is -2.42. The standard InChI is InChI=1S/C16H25N3O2/c1-11(2)10-19-15(20)9-8-14(18-19)16(21)17-13-7-5-4-6-12(13)3/h8-9,11-13H,4-7,10H2,1-3H3,(H,17,21). The molecule has 1 saturated carbocycles. The molecule has 2 atom stereocenters. The Bertz CT molecular complexity index is 551. The second-order valence-corrected chi connectivity index (χ2v) is 6.47. The van der Waals surface area contributed by atoms with Gasteiger partial charge >= 0.3 is 0 Å². The van der Waals surface area contributed by atoms with Crippen molar-refractivity contribution in [3.8, 4) is 0 Å². The minimum absolute atomic E-state index is 0.161. The van der Waals surface area contributed by atoms with Crippen LogP contribution in [0.3, 0.4) is 0 Å². The number of hydrogen-bond acceptors (Lipinski definition) is 3.